The second kappa shape index (κ2) is 8.89. The Morgan fingerprint density at radius 2 is 1.79 bits per heavy atom. The molecule has 1 aliphatic rings. The molecule has 0 spiro atoms. The first-order valence-corrected chi connectivity index (χ1v) is 8.59. The lowest BCUT2D eigenvalue weighted by Gasteiger charge is -2.36. The summed E-state index contributed by atoms with van der Waals surface area (Å²) in [5.41, 5.74) is 1.11. The van der Waals surface area contributed by atoms with Crippen LogP contribution in [0.3, 0.4) is 0 Å². The van der Waals surface area contributed by atoms with E-state index in [1.54, 1.807) is 11.9 Å². The summed E-state index contributed by atoms with van der Waals surface area (Å²) in [5, 5.41) is 6.39. The van der Waals surface area contributed by atoms with Crippen molar-refractivity contribution in [1.29, 1.82) is 0 Å². The molecule has 1 aromatic carbocycles. The third kappa shape index (κ3) is 5.11. The Hall–Kier alpha value is -1.79. The van der Waals surface area contributed by atoms with Crippen molar-refractivity contribution in [2.45, 2.75) is 6.92 Å². The normalized spacial score (nSPS) is 16.0. The van der Waals surface area contributed by atoms with Crippen LogP contribution in [0.25, 0.3) is 0 Å². The summed E-state index contributed by atoms with van der Waals surface area (Å²) >= 11 is 5.91. The molecule has 1 atom stereocenters. The third-order valence-electron chi connectivity index (χ3n) is 4.20. The van der Waals surface area contributed by atoms with Gasteiger partial charge in [0.2, 0.25) is 11.8 Å². The van der Waals surface area contributed by atoms with Crippen LogP contribution in [0, 0.1) is 5.92 Å². The maximum atomic E-state index is 12.2. The van der Waals surface area contributed by atoms with Crippen molar-refractivity contribution in [3.05, 3.63) is 29.3 Å². The number of carbonyl (C=O) groups is 2. The van der Waals surface area contributed by atoms with Crippen LogP contribution in [-0.4, -0.2) is 63.0 Å². The van der Waals surface area contributed by atoms with Crippen molar-refractivity contribution < 1.29 is 9.59 Å². The van der Waals surface area contributed by atoms with E-state index in [0.717, 1.165) is 23.8 Å². The maximum Gasteiger partial charge on any atom is 0.242 e. The molecule has 7 heteroatoms. The van der Waals surface area contributed by atoms with Gasteiger partial charge in [0.1, 0.15) is 0 Å². The van der Waals surface area contributed by atoms with Gasteiger partial charge in [-0.1, -0.05) is 18.5 Å². The summed E-state index contributed by atoms with van der Waals surface area (Å²) in [6.45, 7) is 5.36. The number of nitrogens with one attached hydrogen (secondary N) is 2. The zero-order chi connectivity index (χ0) is 17.5. The minimum absolute atomic E-state index is 0.0317. The van der Waals surface area contributed by atoms with Crippen molar-refractivity contribution in [3.8, 4) is 0 Å². The summed E-state index contributed by atoms with van der Waals surface area (Å²) in [4.78, 5) is 28.1. The lowest BCUT2D eigenvalue weighted by atomic mass is 10.1. The van der Waals surface area contributed by atoms with Gasteiger partial charge in [-0.15, -0.1) is 0 Å². The van der Waals surface area contributed by atoms with Crippen molar-refractivity contribution in [3.63, 3.8) is 0 Å². The van der Waals surface area contributed by atoms with Crippen molar-refractivity contribution in [1.82, 2.24) is 15.5 Å². The number of rotatable bonds is 6. The molecule has 0 bridgehead atoms. The highest BCUT2D eigenvalue weighted by Gasteiger charge is 2.22. The highest BCUT2D eigenvalue weighted by Crippen LogP contribution is 2.19. The number of nitrogens with zero attached hydrogens (tertiary/aromatic N) is 2. The molecule has 24 heavy (non-hydrogen) atoms. The number of piperazine rings is 1. The predicted molar refractivity (Wildman–Crippen MR) is 96.3 cm³/mol. The highest BCUT2D eigenvalue weighted by molar-refractivity contribution is 6.30. The molecule has 0 radical (unpaired) electrons. The third-order valence-corrected chi connectivity index (χ3v) is 4.45. The first-order valence-electron chi connectivity index (χ1n) is 8.22. The number of carbonyl (C=O) groups excluding carboxylic acids is 2. The minimum Gasteiger partial charge on any atom is -0.368 e. The first kappa shape index (κ1) is 18.5. The van der Waals surface area contributed by atoms with Gasteiger partial charge in [-0.25, -0.2) is 0 Å². The molecule has 2 N–H and O–H groups in total. The van der Waals surface area contributed by atoms with Gasteiger partial charge in [-0.05, 0) is 31.3 Å². The Balaban J connectivity index is 1.76. The van der Waals surface area contributed by atoms with E-state index in [-0.39, 0.29) is 24.3 Å². The smallest absolute Gasteiger partial charge is 0.242 e. The predicted octanol–water partition coefficient (Wildman–Crippen LogP) is 0.960. The van der Waals surface area contributed by atoms with E-state index >= 15 is 0 Å². The SMILES string of the molecule is CNCC(C)C(=O)NCC(=O)N1CCN(c2ccc(Cl)cc2)CC1. The van der Waals surface area contributed by atoms with Crippen LogP contribution in [0.1, 0.15) is 6.92 Å². The highest BCUT2D eigenvalue weighted by atomic mass is 35.5. The summed E-state index contributed by atoms with van der Waals surface area (Å²) in [6, 6.07) is 7.72. The second-order valence-corrected chi connectivity index (χ2v) is 6.46. The number of hydrogen-bond donors (Lipinski definition) is 2. The zero-order valence-electron chi connectivity index (χ0n) is 14.2. The molecule has 1 unspecified atom stereocenters. The Morgan fingerprint density at radius 3 is 2.38 bits per heavy atom. The molecule has 1 heterocycles. The van der Waals surface area contributed by atoms with Gasteiger partial charge in [0, 0.05) is 49.4 Å². The van der Waals surface area contributed by atoms with E-state index in [1.807, 2.05) is 31.2 Å². The fourth-order valence-corrected chi connectivity index (χ4v) is 2.84. The molecule has 1 aliphatic heterocycles. The van der Waals surface area contributed by atoms with Gasteiger partial charge >= 0.3 is 0 Å². The molecule has 6 nitrogen and oxygen atoms in total. The Morgan fingerprint density at radius 1 is 1.17 bits per heavy atom. The maximum absolute atomic E-state index is 12.2. The quantitative estimate of drug-likeness (QED) is 0.800. The fraction of sp³-hybridized carbons (Fsp3) is 0.529. The fourth-order valence-electron chi connectivity index (χ4n) is 2.71. The van der Waals surface area contributed by atoms with E-state index < -0.39 is 0 Å². The van der Waals surface area contributed by atoms with E-state index in [0.29, 0.717) is 19.6 Å². The molecule has 1 aromatic rings. The molecular formula is C17H25ClN4O2. The van der Waals surface area contributed by atoms with Gasteiger partial charge in [0.15, 0.2) is 0 Å². The van der Waals surface area contributed by atoms with E-state index in [9.17, 15) is 9.59 Å². The van der Waals surface area contributed by atoms with Crippen LogP contribution in [0.5, 0.6) is 0 Å². The monoisotopic (exact) mass is 352 g/mol. The molecule has 2 amide bonds. The molecule has 1 saturated heterocycles. The second-order valence-electron chi connectivity index (χ2n) is 6.02. The van der Waals surface area contributed by atoms with Crippen molar-refractivity contribution in [2.75, 3.05) is 51.2 Å². The van der Waals surface area contributed by atoms with Crippen LogP contribution >= 0.6 is 11.6 Å². The summed E-state index contributed by atoms with van der Waals surface area (Å²) in [6.07, 6.45) is 0. The van der Waals surface area contributed by atoms with Crippen LogP contribution in [0.2, 0.25) is 5.02 Å². The van der Waals surface area contributed by atoms with Gasteiger partial charge < -0.3 is 20.4 Å². The van der Waals surface area contributed by atoms with Crippen LogP contribution < -0.4 is 15.5 Å². The van der Waals surface area contributed by atoms with Crippen LogP contribution in [0.4, 0.5) is 5.69 Å². The van der Waals surface area contributed by atoms with Gasteiger partial charge in [0.05, 0.1) is 6.54 Å². The van der Waals surface area contributed by atoms with Gasteiger partial charge in [-0.3, -0.25) is 9.59 Å². The minimum atomic E-state index is -0.149. The number of anilines is 1. The molecule has 2 rings (SSSR count). The van der Waals surface area contributed by atoms with E-state index in [1.165, 1.54) is 0 Å². The molecule has 0 aliphatic carbocycles. The van der Waals surface area contributed by atoms with Gasteiger partial charge in [0.25, 0.3) is 0 Å². The largest absolute Gasteiger partial charge is 0.368 e. The standard InChI is InChI=1S/C17H25ClN4O2/c1-13(11-19-2)17(24)20-12-16(23)22-9-7-21(8-10-22)15-5-3-14(18)4-6-15/h3-6,13,19H,7-12H2,1-2H3,(H,20,24). The average Bonchev–Trinajstić information content (AvgIpc) is 2.60. The Bertz CT molecular complexity index is 556. The molecule has 0 saturated carbocycles. The van der Waals surface area contributed by atoms with Crippen molar-refractivity contribution in [2.24, 2.45) is 5.92 Å². The van der Waals surface area contributed by atoms with Gasteiger partial charge in [-0.2, -0.15) is 0 Å². The first-order chi connectivity index (χ1) is 11.5. The van der Waals surface area contributed by atoms with Crippen molar-refractivity contribution >= 4 is 29.1 Å². The molecule has 1 fully saturated rings. The summed E-state index contributed by atoms with van der Waals surface area (Å²) in [7, 11) is 1.80. The lowest BCUT2D eigenvalue weighted by molar-refractivity contribution is -0.133. The number of benzene rings is 1. The Labute approximate surface area is 148 Å². The van der Waals surface area contributed by atoms with Crippen LogP contribution in [-0.2, 0) is 9.59 Å². The topological polar surface area (TPSA) is 64.7 Å². The van der Waals surface area contributed by atoms with E-state index in [2.05, 4.69) is 15.5 Å². The lowest BCUT2D eigenvalue weighted by Crippen LogP contribution is -2.51. The number of hydrogen-bond acceptors (Lipinski definition) is 4. The van der Waals surface area contributed by atoms with Crippen LogP contribution in [0.15, 0.2) is 24.3 Å². The zero-order valence-corrected chi connectivity index (χ0v) is 15.0. The average molecular weight is 353 g/mol. The number of amides is 2. The summed E-state index contributed by atoms with van der Waals surface area (Å²) in [5.74, 6) is -0.280. The molecule has 132 valence electrons. The summed E-state index contributed by atoms with van der Waals surface area (Å²) < 4.78 is 0. The van der Waals surface area contributed by atoms with E-state index in [4.69, 9.17) is 11.6 Å². The number of halogens is 1. The molecule has 0 aromatic heterocycles. The Kier molecular flexibility index (Phi) is 6.87. The molecular weight excluding hydrogens is 328 g/mol.